The van der Waals surface area contributed by atoms with Crippen LogP contribution in [0.25, 0.3) is 0 Å². The van der Waals surface area contributed by atoms with Crippen LogP contribution < -0.4 is 0 Å². The van der Waals surface area contributed by atoms with Gasteiger partial charge in [-0.15, -0.1) is 0 Å². The van der Waals surface area contributed by atoms with E-state index in [0.717, 1.165) is 35.2 Å². The third kappa shape index (κ3) is 67.0. The molecule has 0 radical (unpaired) electrons. The predicted molar refractivity (Wildman–Crippen MR) is 372 cm³/mol. The molecular formula is C62H122N2O7S9. The van der Waals surface area contributed by atoms with Crippen molar-refractivity contribution in [2.45, 2.75) is 278 Å². The van der Waals surface area contributed by atoms with Crippen molar-refractivity contribution in [2.75, 3.05) is 100 Å². The first-order valence-electron chi connectivity index (χ1n) is 32.7. The van der Waals surface area contributed by atoms with Crippen LogP contribution in [0.3, 0.4) is 0 Å². The second-order valence-electron chi connectivity index (χ2n) is 21.5. The molecular weight excluding hydrogens is 1170 g/mol. The zero-order chi connectivity index (χ0) is 58.0. The molecule has 0 fully saturated rings. The van der Waals surface area contributed by atoms with Crippen LogP contribution in [0.15, 0.2) is 0 Å². The topological polar surface area (TPSA) is 106 Å². The number of esters is 3. The van der Waals surface area contributed by atoms with E-state index in [1.54, 1.807) is 61.9 Å². The molecule has 80 heavy (non-hydrogen) atoms. The summed E-state index contributed by atoms with van der Waals surface area (Å²) in [4.78, 5) is 42.6. The highest BCUT2D eigenvalue weighted by Gasteiger charge is 2.15. The standard InChI is InChI=1S/C62H122N2O7S9/c1-4-7-10-13-16-19-22-25-28-31-34-37-54-72-78-75-57-51-69-60(66)41-46-63(47-42-61(67)70-52-58-76-79-73-55-38-35-32-29-26-23-20-17-14-11-8-5-2)44-40-45-64(49-50-65)48-43-62(68)71-53-59-77-80-74-56-39-36-33-30-27-24-21-18-15-12-9-6-3/h65H,4-59H2,1-3H3. The van der Waals surface area contributed by atoms with Crippen LogP contribution in [0.2, 0.25) is 0 Å². The van der Waals surface area contributed by atoms with Gasteiger partial charge in [-0.05, 0) is 68.3 Å². The van der Waals surface area contributed by atoms with E-state index in [2.05, 4.69) is 30.6 Å². The van der Waals surface area contributed by atoms with Crippen molar-refractivity contribution in [1.29, 1.82) is 0 Å². The number of carbonyl (C=O) groups excluding carboxylic acids is 3. The summed E-state index contributed by atoms with van der Waals surface area (Å²) < 4.78 is 16.8. The van der Waals surface area contributed by atoms with Gasteiger partial charge in [-0.3, -0.25) is 14.4 Å². The van der Waals surface area contributed by atoms with E-state index < -0.39 is 0 Å². The molecule has 0 saturated heterocycles. The summed E-state index contributed by atoms with van der Waals surface area (Å²) in [5.41, 5.74) is 0. The molecule has 0 aromatic rings. The number of nitrogens with zero attached hydrogens (tertiary/aromatic N) is 2. The molecule has 0 aliphatic carbocycles. The van der Waals surface area contributed by atoms with Gasteiger partial charge in [-0.2, -0.15) is 0 Å². The van der Waals surface area contributed by atoms with Gasteiger partial charge in [0.1, 0.15) is 19.8 Å². The van der Waals surface area contributed by atoms with Gasteiger partial charge in [0.25, 0.3) is 0 Å². The third-order valence-corrected chi connectivity index (χ3v) is 27.0. The lowest BCUT2D eigenvalue weighted by Gasteiger charge is -2.25. The second kappa shape index (κ2) is 71.2. The Kier molecular flexibility index (Phi) is 72.5. The minimum absolute atomic E-state index is 0.00503. The highest BCUT2D eigenvalue weighted by Crippen LogP contribution is 2.36. The number of hydrogen-bond acceptors (Lipinski definition) is 18. The van der Waals surface area contributed by atoms with Gasteiger partial charge < -0.3 is 29.1 Å². The van der Waals surface area contributed by atoms with E-state index in [4.69, 9.17) is 14.2 Å². The molecule has 0 atom stereocenters. The SMILES string of the molecule is CCCCCCCCCCCCCCSSSCCOC(=O)CCN(CCO)CCCN(CCC(=O)OCCSSSCCCCCCCCCCCCCC)CCC(=O)OCCSSSCCCCCCCCCCCCCC. The normalized spacial score (nSPS) is 11.6. The Morgan fingerprint density at radius 2 is 0.512 bits per heavy atom. The van der Waals surface area contributed by atoms with Gasteiger partial charge in [0.05, 0.1) is 25.9 Å². The van der Waals surface area contributed by atoms with E-state index in [1.165, 1.54) is 237 Å². The highest BCUT2D eigenvalue weighted by molar-refractivity contribution is 9.10. The van der Waals surface area contributed by atoms with Gasteiger partial charge in [-0.1, -0.05) is 297 Å². The molecule has 0 amide bonds. The van der Waals surface area contributed by atoms with E-state index in [1.807, 2.05) is 32.4 Å². The zero-order valence-corrected chi connectivity index (χ0v) is 58.9. The van der Waals surface area contributed by atoms with Gasteiger partial charge in [0.15, 0.2) is 0 Å². The minimum atomic E-state index is -0.218. The van der Waals surface area contributed by atoms with Crippen molar-refractivity contribution in [3.05, 3.63) is 0 Å². The monoisotopic (exact) mass is 1290 g/mol. The van der Waals surface area contributed by atoms with E-state index >= 15 is 0 Å². The van der Waals surface area contributed by atoms with Crippen molar-refractivity contribution >= 4 is 112 Å². The largest absolute Gasteiger partial charge is 0.465 e. The minimum Gasteiger partial charge on any atom is -0.465 e. The van der Waals surface area contributed by atoms with Crippen molar-refractivity contribution in [3.8, 4) is 0 Å². The summed E-state index contributed by atoms with van der Waals surface area (Å²) in [5.74, 6) is 5.14. The molecule has 0 aromatic heterocycles. The first kappa shape index (κ1) is 81.4. The third-order valence-electron chi connectivity index (χ3n) is 14.1. The Bertz CT molecular complexity index is 1220. The van der Waals surface area contributed by atoms with Crippen LogP contribution in [0.4, 0.5) is 0 Å². The summed E-state index contributed by atoms with van der Waals surface area (Å²) in [7, 11) is 16.4. The average molecular weight is 1300 g/mol. The summed E-state index contributed by atoms with van der Waals surface area (Å²) in [6, 6.07) is 0. The van der Waals surface area contributed by atoms with E-state index in [9.17, 15) is 19.5 Å². The maximum Gasteiger partial charge on any atom is 0.307 e. The van der Waals surface area contributed by atoms with Gasteiger partial charge in [0, 0.05) is 60.7 Å². The Labute approximate surface area is 529 Å². The predicted octanol–water partition coefficient (Wildman–Crippen LogP) is 21.0. The summed E-state index contributed by atoms with van der Waals surface area (Å²) in [6.07, 6.45) is 50.9. The number of unbranched alkanes of at least 4 members (excludes halogenated alkanes) is 33. The van der Waals surface area contributed by atoms with Crippen molar-refractivity contribution in [3.63, 3.8) is 0 Å². The van der Waals surface area contributed by atoms with Crippen molar-refractivity contribution in [1.82, 2.24) is 9.80 Å². The second-order valence-corrected chi connectivity index (χ2v) is 34.9. The maximum atomic E-state index is 12.9. The van der Waals surface area contributed by atoms with E-state index in [-0.39, 0.29) is 43.8 Å². The van der Waals surface area contributed by atoms with Gasteiger partial charge in [0.2, 0.25) is 0 Å². The molecule has 0 aliphatic rings. The molecule has 0 unspecified atom stereocenters. The summed E-state index contributed by atoms with van der Waals surface area (Å²) >= 11 is 0. The van der Waals surface area contributed by atoms with Crippen LogP contribution >= 0.6 is 94.2 Å². The maximum absolute atomic E-state index is 12.9. The van der Waals surface area contributed by atoms with Gasteiger partial charge in [-0.25, -0.2) is 0 Å². The first-order valence-corrected chi connectivity index (χ1v) is 44.2. The van der Waals surface area contributed by atoms with Gasteiger partial charge >= 0.3 is 17.9 Å². The lowest BCUT2D eigenvalue weighted by Crippen LogP contribution is -2.35. The molecule has 18 heteroatoms. The lowest BCUT2D eigenvalue weighted by molar-refractivity contribution is -0.144. The van der Waals surface area contributed by atoms with Crippen molar-refractivity contribution < 1.29 is 33.7 Å². The molecule has 0 rings (SSSR count). The molecule has 0 saturated carbocycles. The molecule has 1 N–H and O–H groups in total. The Morgan fingerprint density at radius 1 is 0.287 bits per heavy atom. The zero-order valence-electron chi connectivity index (χ0n) is 51.6. The van der Waals surface area contributed by atoms with Crippen LogP contribution in [0.1, 0.15) is 278 Å². The number of ether oxygens (including phenoxy) is 3. The van der Waals surface area contributed by atoms with Crippen molar-refractivity contribution in [2.24, 2.45) is 0 Å². The van der Waals surface area contributed by atoms with Crippen LogP contribution in [-0.2, 0) is 28.6 Å². The Balaban J connectivity index is 4.49. The number of carbonyl (C=O) groups is 3. The quantitative estimate of drug-likeness (QED) is 0.0270. The fourth-order valence-corrected chi connectivity index (χ4v) is 20.2. The number of aliphatic hydroxyl groups is 1. The fourth-order valence-electron chi connectivity index (χ4n) is 9.18. The molecule has 0 aliphatic heterocycles. The lowest BCUT2D eigenvalue weighted by atomic mass is 10.1. The summed E-state index contributed by atoms with van der Waals surface area (Å²) in [6.45, 7) is 11.4. The van der Waals surface area contributed by atoms with E-state index in [0.29, 0.717) is 59.1 Å². The molecule has 0 heterocycles. The molecule has 9 nitrogen and oxygen atoms in total. The number of rotatable bonds is 69. The number of hydrogen-bond donors (Lipinski definition) is 1. The first-order chi connectivity index (χ1) is 39.5. The summed E-state index contributed by atoms with van der Waals surface area (Å²) in [5, 5.41) is 9.83. The molecule has 476 valence electrons. The van der Waals surface area contributed by atoms with Crippen LogP contribution in [0, 0.1) is 0 Å². The Morgan fingerprint density at radius 3 is 0.762 bits per heavy atom. The molecule has 0 aromatic carbocycles. The number of aliphatic hydroxyl groups excluding tert-OH is 1. The highest BCUT2D eigenvalue weighted by atomic mass is 33.5. The smallest absolute Gasteiger partial charge is 0.307 e. The Hall–Kier alpha value is 1.44. The molecule has 0 spiro atoms. The average Bonchev–Trinajstić information content (AvgIpc) is 3.46. The van der Waals surface area contributed by atoms with Crippen LogP contribution in [-0.4, -0.2) is 133 Å². The molecule has 0 bridgehead atoms. The van der Waals surface area contributed by atoms with Crippen LogP contribution in [0.5, 0.6) is 0 Å². The fraction of sp³-hybridized carbons (Fsp3) is 0.952.